The number of benzene rings is 1. The molecule has 0 saturated carbocycles. The summed E-state index contributed by atoms with van der Waals surface area (Å²) in [5.74, 6) is 1.06. The number of halogens is 1. The van der Waals surface area contributed by atoms with E-state index in [0.29, 0.717) is 22.4 Å². The fourth-order valence-corrected chi connectivity index (χ4v) is 3.18. The van der Waals surface area contributed by atoms with E-state index in [1.54, 1.807) is 30.1 Å². The van der Waals surface area contributed by atoms with Crippen molar-refractivity contribution in [2.24, 2.45) is 5.92 Å². The quantitative estimate of drug-likeness (QED) is 0.823. The Morgan fingerprint density at radius 1 is 1.38 bits per heavy atom. The number of amides is 2. The monoisotopic (exact) mass is 381 g/mol. The predicted molar refractivity (Wildman–Crippen MR) is 104 cm³/mol. The highest BCUT2D eigenvalue weighted by molar-refractivity contribution is 6.31. The molecule has 1 unspecified atom stereocenters. The molecule has 1 aliphatic rings. The number of nitrogens with one attached hydrogen (secondary N) is 1. The van der Waals surface area contributed by atoms with E-state index < -0.39 is 0 Å². The summed E-state index contributed by atoms with van der Waals surface area (Å²) in [7, 11) is 3.31. The average Bonchev–Trinajstić information content (AvgIpc) is 2.61. The number of methoxy groups -OCH3 is 1. The number of piperidine rings is 1. The third-order valence-electron chi connectivity index (χ3n) is 4.94. The molecule has 26 heavy (non-hydrogen) atoms. The van der Waals surface area contributed by atoms with Gasteiger partial charge in [0.2, 0.25) is 11.8 Å². The van der Waals surface area contributed by atoms with Gasteiger partial charge in [0.05, 0.1) is 25.4 Å². The standard InChI is InChI=1S/C19H28ClN3O3/c1-13-7-9-23(10-8-13)19(25)14(2)22(3)12-18(24)21-16-11-15(20)5-6-17(16)26-4/h5-6,11,13-14H,7-10,12H2,1-4H3,(H,21,24). The molecular weight excluding hydrogens is 354 g/mol. The summed E-state index contributed by atoms with van der Waals surface area (Å²) in [5, 5.41) is 3.31. The smallest absolute Gasteiger partial charge is 0.239 e. The van der Waals surface area contributed by atoms with E-state index in [9.17, 15) is 9.59 Å². The topological polar surface area (TPSA) is 61.9 Å². The highest BCUT2D eigenvalue weighted by atomic mass is 35.5. The zero-order valence-corrected chi connectivity index (χ0v) is 16.7. The third-order valence-corrected chi connectivity index (χ3v) is 5.18. The first-order valence-corrected chi connectivity index (χ1v) is 9.32. The highest BCUT2D eigenvalue weighted by Gasteiger charge is 2.27. The van der Waals surface area contributed by atoms with Crippen LogP contribution in [0.15, 0.2) is 18.2 Å². The van der Waals surface area contributed by atoms with E-state index in [-0.39, 0.29) is 24.4 Å². The van der Waals surface area contributed by atoms with Gasteiger partial charge in [0.1, 0.15) is 5.75 Å². The molecule has 2 rings (SSSR count). The Morgan fingerprint density at radius 3 is 2.65 bits per heavy atom. The maximum atomic E-state index is 12.6. The van der Waals surface area contributed by atoms with Crippen LogP contribution >= 0.6 is 11.6 Å². The normalized spacial score (nSPS) is 16.5. The van der Waals surface area contributed by atoms with Crippen molar-refractivity contribution in [2.75, 3.05) is 39.1 Å². The molecule has 2 amide bonds. The SMILES string of the molecule is COc1ccc(Cl)cc1NC(=O)CN(C)C(C)C(=O)N1CCC(C)CC1. The lowest BCUT2D eigenvalue weighted by atomic mass is 9.99. The van der Waals surface area contributed by atoms with Crippen molar-refractivity contribution in [2.45, 2.75) is 32.7 Å². The number of nitrogens with zero attached hydrogens (tertiary/aromatic N) is 2. The molecule has 6 nitrogen and oxygen atoms in total. The first-order valence-electron chi connectivity index (χ1n) is 8.94. The molecule has 1 N–H and O–H groups in total. The van der Waals surface area contributed by atoms with Crippen LogP contribution < -0.4 is 10.1 Å². The molecule has 0 radical (unpaired) electrons. The highest BCUT2D eigenvalue weighted by Crippen LogP contribution is 2.27. The van der Waals surface area contributed by atoms with Gasteiger partial charge in [-0.25, -0.2) is 0 Å². The Morgan fingerprint density at radius 2 is 2.04 bits per heavy atom. The van der Waals surface area contributed by atoms with Gasteiger partial charge in [0.25, 0.3) is 0 Å². The van der Waals surface area contributed by atoms with Crippen molar-refractivity contribution < 1.29 is 14.3 Å². The van der Waals surface area contributed by atoms with Crippen molar-refractivity contribution in [3.8, 4) is 5.75 Å². The van der Waals surface area contributed by atoms with Gasteiger partial charge in [-0.1, -0.05) is 18.5 Å². The van der Waals surface area contributed by atoms with Crippen LogP contribution in [0.1, 0.15) is 26.7 Å². The van der Waals surface area contributed by atoms with Crippen LogP contribution in [0.5, 0.6) is 5.75 Å². The van der Waals surface area contributed by atoms with Gasteiger partial charge in [-0.2, -0.15) is 0 Å². The molecule has 1 aromatic carbocycles. The van der Waals surface area contributed by atoms with Crippen molar-refractivity contribution >= 4 is 29.1 Å². The minimum Gasteiger partial charge on any atom is -0.495 e. The number of carbonyl (C=O) groups is 2. The van der Waals surface area contributed by atoms with Crippen LogP contribution in [-0.4, -0.2) is 61.4 Å². The fraction of sp³-hybridized carbons (Fsp3) is 0.579. The van der Waals surface area contributed by atoms with E-state index in [4.69, 9.17) is 16.3 Å². The third kappa shape index (κ3) is 5.35. The Kier molecular flexibility index (Phi) is 7.29. The fourth-order valence-electron chi connectivity index (χ4n) is 3.01. The largest absolute Gasteiger partial charge is 0.495 e. The first-order chi connectivity index (χ1) is 12.3. The summed E-state index contributed by atoms with van der Waals surface area (Å²) in [6.45, 7) is 5.75. The maximum absolute atomic E-state index is 12.6. The molecule has 7 heteroatoms. The number of likely N-dealkylation sites (N-methyl/N-ethyl adjacent to an activating group) is 1. The number of ether oxygens (including phenoxy) is 1. The maximum Gasteiger partial charge on any atom is 0.239 e. The number of anilines is 1. The molecule has 0 aliphatic carbocycles. The summed E-state index contributed by atoms with van der Waals surface area (Å²) < 4.78 is 5.23. The second kappa shape index (κ2) is 9.24. The van der Waals surface area contributed by atoms with Crippen LogP contribution in [0.2, 0.25) is 5.02 Å². The van der Waals surface area contributed by atoms with Crippen molar-refractivity contribution in [3.05, 3.63) is 23.2 Å². The Hall–Kier alpha value is -1.79. The second-order valence-electron chi connectivity index (χ2n) is 6.99. The Balaban J connectivity index is 1.91. The molecule has 0 spiro atoms. The number of carbonyl (C=O) groups excluding carboxylic acids is 2. The predicted octanol–water partition coefficient (Wildman–Crippen LogP) is 2.87. The van der Waals surface area contributed by atoms with E-state index in [1.165, 1.54) is 7.11 Å². The van der Waals surface area contributed by atoms with Gasteiger partial charge >= 0.3 is 0 Å². The van der Waals surface area contributed by atoms with Gasteiger partial charge < -0.3 is 15.0 Å². The number of hydrogen-bond donors (Lipinski definition) is 1. The summed E-state index contributed by atoms with van der Waals surface area (Å²) in [4.78, 5) is 28.7. The van der Waals surface area contributed by atoms with Gasteiger partial charge in [-0.3, -0.25) is 14.5 Å². The molecular formula is C19H28ClN3O3. The first kappa shape index (κ1) is 20.5. The second-order valence-corrected chi connectivity index (χ2v) is 7.43. The molecule has 0 bridgehead atoms. The Bertz CT molecular complexity index is 645. The van der Waals surface area contributed by atoms with Gasteiger partial charge in [0, 0.05) is 18.1 Å². The summed E-state index contributed by atoms with van der Waals surface area (Å²) >= 11 is 5.98. The number of rotatable bonds is 6. The zero-order valence-electron chi connectivity index (χ0n) is 15.9. The molecule has 0 aromatic heterocycles. The van der Waals surface area contributed by atoms with Gasteiger partial charge in [-0.05, 0) is 50.9 Å². The molecule has 1 aromatic rings. The molecule has 1 aliphatic heterocycles. The summed E-state index contributed by atoms with van der Waals surface area (Å²) in [5.41, 5.74) is 0.516. The molecule has 1 atom stereocenters. The summed E-state index contributed by atoms with van der Waals surface area (Å²) in [6.07, 6.45) is 2.08. The van der Waals surface area contributed by atoms with E-state index in [1.807, 2.05) is 11.8 Å². The van der Waals surface area contributed by atoms with E-state index >= 15 is 0 Å². The van der Waals surface area contributed by atoms with Gasteiger partial charge in [-0.15, -0.1) is 0 Å². The molecule has 1 heterocycles. The summed E-state index contributed by atoms with van der Waals surface area (Å²) in [6, 6.07) is 4.69. The van der Waals surface area contributed by atoms with Crippen LogP contribution in [0.3, 0.4) is 0 Å². The van der Waals surface area contributed by atoms with Crippen molar-refractivity contribution in [3.63, 3.8) is 0 Å². The number of likely N-dealkylation sites (tertiary alicyclic amines) is 1. The van der Waals surface area contributed by atoms with Crippen molar-refractivity contribution in [1.82, 2.24) is 9.80 Å². The van der Waals surface area contributed by atoms with Crippen LogP contribution in [-0.2, 0) is 9.59 Å². The molecule has 1 fully saturated rings. The van der Waals surface area contributed by atoms with Crippen LogP contribution in [0.4, 0.5) is 5.69 Å². The lowest BCUT2D eigenvalue weighted by molar-refractivity contribution is -0.137. The minimum absolute atomic E-state index is 0.0764. The van der Waals surface area contributed by atoms with E-state index in [2.05, 4.69) is 12.2 Å². The Labute approximate surface area is 160 Å². The van der Waals surface area contributed by atoms with Crippen molar-refractivity contribution in [1.29, 1.82) is 0 Å². The molecule has 144 valence electrons. The van der Waals surface area contributed by atoms with Crippen LogP contribution in [0.25, 0.3) is 0 Å². The average molecular weight is 382 g/mol. The lowest BCUT2D eigenvalue weighted by Gasteiger charge is -2.34. The number of hydrogen-bond acceptors (Lipinski definition) is 4. The lowest BCUT2D eigenvalue weighted by Crippen LogP contribution is -2.49. The zero-order chi connectivity index (χ0) is 19.3. The van der Waals surface area contributed by atoms with E-state index in [0.717, 1.165) is 25.9 Å². The molecule has 1 saturated heterocycles. The van der Waals surface area contributed by atoms with Crippen LogP contribution in [0, 0.1) is 5.92 Å². The van der Waals surface area contributed by atoms with Gasteiger partial charge in [0.15, 0.2) is 0 Å². The minimum atomic E-state index is -0.351.